The lowest BCUT2D eigenvalue weighted by Crippen LogP contribution is -2.34. The molecule has 0 radical (unpaired) electrons. The van der Waals surface area contributed by atoms with E-state index in [2.05, 4.69) is 0 Å². The number of benzene rings is 2. The van der Waals surface area contributed by atoms with E-state index in [-0.39, 0.29) is 23.7 Å². The summed E-state index contributed by atoms with van der Waals surface area (Å²) in [7, 11) is 7.80. The summed E-state index contributed by atoms with van der Waals surface area (Å²) < 4.78 is 27.3. The Morgan fingerprint density at radius 1 is 0.682 bits per heavy atom. The summed E-state index contributed by atoms with van der Waals surface area (Å²) in [6.07, 6.45) is 0. The molecule has 4 heteroatoms. The molecule has 0 saturated carbocycles. The smallest absolute Gasteiger partial charge is 0.123 e. The summed E-state index contributed by atoms with van der Waals surface area (Å²) in [5, 5.41) is 0. The maximum atomic E-state index is 13.6. The van der Waals surface area contributed by atoms with E-state index in [1.807, 2.05) is 50.1 Å². The average Bonchev–Trinajstić information content (AvgIpc) is 2.43. The van der Waals surface area contributed by atoms with Gasteiger partial charge in [-0.3, -0.25) is 0 Å². The Morgan fingerprint density at radius 2 is 1.05 bits per heavy atom. The third kappa shape index (κ3) is 3.70. The Labute approximate surface area is 131 Å². The zero-order chi connectivity index (χ0) is 16.3. The van der Waals surface area contributed by atoms with Crippen molar-refractivity contribution in [2.45, 2.75) is 12.1 Å². The van der Waals surface area contributed by atoms with Gasteiger partial charge in [-0.2, -0.15) is 0 Å². The van der Waals surface area contributed by atoms with Crippen LogP contribution >= 0.6 is 0 Å². The lowest BCUT2D eigenvalue weighted by Gasteiger charge is -2.37. The number of hydrogen-bond acceptors (Lipinski definition) is 2. The molecule has 0 N–H and O–H groups in total. The van der Waals surface area contributed by atoms with E-state index in [0.29, 0.717) is 0 Å². The Balaban J connectivity index is 2.51. The molecule has 2 aromatic rings. The molecule has 0 aliphatic carbocycles. The maximum Gasteiger partial charge on any atom is 0.123 e. The van der Waals surface area contributed by atoms with E-state index >= 15 is 0 Å². The zero-order valence-corrected chi connectivity index (χ0v) is 13.4. The van der Waals surface area contributed by atoms with Crippen molar-refractivity contribution < 1.29 is 8.78 Å². The van der Waals surface area contributed by atoms with Crippen LogP contribution in [0.2, 0.25) is 0 Å². The molecule has 2 aromatic carbocycles. The van der Waals surface area contributed by atoms with E-state index in [4.69, 9.17) is 0 Å². The van der Waals surface area contributed by atoms with E-state index in [0.717, 1.165) is 11.1 Å². The standard InChI is InChI=1S/C18H22F2N2/c1-21(2)17(13-7-5-9-15(19)11-13)18(22(3)4)14-8-6-10-16(20)12-14/h5-12,17-18H,1-4H3. The van der Waals surface area contributed by atoms with Gasteiger partial charge >= 0.3 is 0 Å². The van der Waals surface area contributed by atoms with Gasteiger partial charge in [-0.15, -0.1) is 0 Å². The number of nitrogens with zero attached hydrogens (tertiary/aromatic N) is 2. The van der Waals surface area contributed by atoms with Crippen LogP contribution in [0.3, 0.4) is 0 Å². The van der Waals surface area contributed by atoms with Gasteiger partial charge in [0.15, 0.2) is 0 Å². The van der Waals surface area contributed by atoms with Gasteiger partial charge in [0.2, 0.25) is 0 Å². The summed E-state index contributed by atoms with van der Waals surface area (Å²) in [6.45, 7) is 0. The highest BCUT2D eigenvalue weighted by Crippen LogP contribution is 2.36. The van der Waals surface area contributed by atoms with Gasteiger partial charge in [0, 0.05) is 0 Å². The van der Waals surface area contributed by atoms with Gasteiger partial charge in [0.25, 0.3) is 0 Å². The first-order chi connectivity index (χ1) is 10.4. The van der Waals surface area contributed by atoms with Crippen LogP contribution < -0.4 is 0 Å². The molecule has 0 spiro atoms. The molecule has 2 atom stereocenters. The van der Waals surface area contributed by atoms with Crippen molar-refractivity contribution in [3.8, 4) is 0 Å². The molecular formula is C18H22F2N2. The van der Waals surface area contributed by atoms with Gasteiger partial charge in [-0.1, -0.05) is 24.3 Å². The lowest BCUT2D eigenvalue weighted by molar-refractivity contribution is 0.151. The van der Waals surface area contributed by atoms with E-state index < -0.39 is 0 Å². The fourth-order valence-electron chi connectivity index (χ4n) is 2.91. The Bertz CT molecular complexity index is 570. The average molecular weight is 304 g/mol. The Morgan fingerprint density at radius 3 is 1.32 bits per heavy atom. The van der Waals surface area contributed by atoms with Crippen molar-refractivity contribution in [2.24, 2.45) is 0 Å². The van der Waals surface area contributed by atoms with E-state index in [1.165, 1.54) is 12.1 Å². The summed E-state index contributed by atoms with van der Waals surface area (Å²) >= 11 is 0. The normalized spacial score (nSPS) is 14.4. The SMILES string of the molecule is CN(C)C(c1cccc(F)c1)C(c1cccc(F)c1)N(C)C. The van der Waals surface area contributed by atoms with E-state index in [9.17, 15) is 8.78 Å². The highest BCUT2D eigenvalue weighted by atomic mass is 19.1. The molecule has 0 aromatic heterocycles. The largest absolute Gasteiger partial charge is 0.301 e. The highest BCUT2D eigenvalue weighted by molar-refractivity contribution is 5.28. The van der Waals surface area contributed by atoms with Gasteiger partial charge in [-0.05, 0) is 63.6 Å². The highest BCUT2D eigenvalue weighted by Gasteiger charge is 2.29. The minimum atomic E-state index is -0.263. The van der Waals surface area contributed by atoms with E-state index in [1.54, 1.807) is 24.3 Å². The summed E-state index contributed by atoms with van der Waals surface area (Å²) in [5.74, 6) is -0.526. The molecule has 2 nitrogen and oxygen atoms in total. The molecule has 0 fully saturated rings. The topological polar surface area (TPSA) is 6.48 Å². The first-order valence-corrected chi connectivity index (χ1v) is 7.24. The predicted octanol–water partition coefficient (Wildman–Crippen LogP) is 3.87. The molecule has 118 valence electrons. The summed E-state index contributed by atoms with van der Waals surface area (Å²) in [4.78, 5) is 4.06. The Hall–Kier alpha value is -1.78. The minimum absolute atomic E-state index is 0.0903. The first kappa shape index (κ1) is 16.6. The van der Waals surface area contributed by atoms with Crippen molar-refractivity contribution in [3.05, 3.63) is 71.3 Å². The second-order valence-corrected chi connectivity index (χ2v) is 5.93. The third-order valence-electron chi connectivity index (χ3n) is 3.79. The minimum Gasteiger partial charge on any atom is -0.301 e. The molecule has 0 aliphatic rings. The molecule has 0 saturated heterocycles. The van der Waals surface area contributed by atoms with Crippen LogP contribution in [0.5, 0.6) is 0 Å². The second kappa shape index (κ2) is 6.99. The van der Waals surface area contributed by atoms with Gasteiger partial charge in [-0.25, -0.2) is 8.78 Å². The molecule has 0 aliphatic heterocycles. The third-order valence-corrected chi connectivity index (χ3v) is 3.79. The quantitative estimate of drug-likeness (QED) is 0.827. The van der Waals surface area contributed by atoms with Gasteiger partial charge < -0.3 is 9.80 Å². The van der Waals surface area contributed by atoms with Crippen LogP contribution in [0.25, 0.3) is 0 Å². The summed E-state index contributed by atoms with van der Waals surface area (Å²) in [6, 6.07) is 13.0. The molecule has 0 bridgehead atoms. The van der Waals surface area contributed by atoms with Gasteiger partial charge in [0.1, 0.15) is 11.6 Å². The van der Waals surface area contributed by atoms with Crippen LogP contribution in [0.15, 0.2) is 48.5 Å². The fraction of sp³-hybridized carbons (Fsp3) is 0.333. The zero-order valence-electron chi connectivity index (χ0n) is 13.4. The molecule has 2 unspecified atom stereocenters. The molecule has 2 rings (SSSR count). The number of halogens is 2. The second-order valence-electron chi connectivity index (χ2n) is 5.93. The Kier molecular flexibility index (Phi) is 5.27. The fourth-order valence-corrected chi connectivity index (χ4v) is 2.91. The van der Waals surface area contributed by atoms with Crippen LogP contribution in [-0.2, 0) is 0 Å². The predicted molar refractivity (Wildman–Crippen MR) is 85.7 cm³/mol. The van der Waals surface area contributed by atoms with Crippen LogP contribution in [0, 0.1) is 11.6 Å². The van der Waals surface area contributed by atoms with Crippen LogP contribution in [0.4, 0.5) is 8.78 Å². The maximum absolute atomic E-state index is 13.6. The lowest BCUT2D eigenvalue weighted by atomic mass is 9.91. The van der Waals surface area contributed by atoms with Crippen molar-refractivity contribution in [1.29, 1.82) is 0 Å². The number of likely N-dealkylation sites (N-methyl/N-ethyl adjacent to an activating group) is 2. The summed E-state index contributed by atoms with van der Waals surface area (Å²) in [5.41, 5.74) is 1.74. The number of hydrogen-bond donors (Lipinski definition) is 0. The molecule has 22 heavy (non-hydrogen) atoms. The van der Waals surface area contributed by atoms with Crippen LogP contribution in [0.1, 0.15) is 23.2 Å². The van der Waals surface area contributed by atoms with Crippen molar-refractivity contribution in [3.63, 3.8) is 0 Å². The monoisotopic (exact) mass is 304 g/mol. The van der Waals surface area contributed by atoms with Crippen molar-refractivity contribution in [2.75, 3.05) is 28.2 Å². The molecule has 0 heterocycles. The van der Waals surface area contributed by atoms with Gasteiger partial charge in [0.05, 0.1) is 12.1 Å². The van der Waals surface area contributed by atoms with Crippen molar-refractivity contribution in [1.82, 2.24) is 9.80 Å². The van der Waals surface area contributed by atoms with Crippen LogP contribution in [-0.4, -0.2) is 38.0 Å². The first-order valence-electron chi connectivity index (χ1n) is 7.24. The molecule has 0 amide bonds. The van der Waals surface area contributed by atoms with Crippen molar-refractivity contribution >= 4 is 0 Å². The number of rotatable bonds is 5. The molecular weight excluding hydrogens is 282 g/mol.